The third-order valence-electron chi connectivity index (χ3n) is 2.28. The molecular weight excluding hydrogens is 386 g/mol. The van der Waals surface area contributed by atoms with Crippen molar-refractivity contribution in [3.63, 3.8) is 0 Å². The average molecular weight is 394 g/mol. The molecule has 0 radical (unpaired) electrons. The van der Waals surface area contributed by atoms with Gasteiger partial charge in [-0.3, -0.25) is 0 Å². The molecule has 0 aliphatic carbocycles. The minimum Gasteiger partial charge on any atom is -0.455 e. The van der Waals surface area contributed by atoms with Crippen LogP contribution in [0.3, 0.4) is 0 Å². The van der Waals surface area contributed by atoms with Gasteiger partial charge in [-0.15, -0.1) is 0 Å². The monoisotopic (exact) mass is 392 g/mol. The van der Waals surface area contributed by atoms with Crippen LogP contribution < -0.4 is 4.74 Å². The van der Waals surface area contributed by atoms with E-state index in [9.17, 15) is 4.39 Å². The lowest BCUT2D eigenvalue weighted by molar-refractivity contribution is 0.476. The van der Waals surface area contributed by atoms with E-state index in [4.69, 9.17) is 16.3 Å². The van der Waals surface area contributed by atoms with Crippen molar-refractivity contribution >= 4 is 43.5 Å². The Bertz CT molecular complexity index is 575. The number of rotatable bonds is 3. The van der Waals surface area contributed by atoms with Crippen molar-refractivity contribution in [2.24, 2.45) is 0 Å². The first-order chi connectivity index (χ1) is 8.60. The van der Waals surface area contributed by atoms with Crippen LogP contribution in [-0.4, -0.2) is 0 Å². The van der Waals surface area contributed by atoms with Gasteiger partial charge in [-0.2, -0.15) is 0 Å². The first-order valence-corrected chi connectivity index (χ1v) is 7.36. The zero-order valence-corrected chi connectivity index (χ0v) is 13.0. The minimum absolute atomic E-state index is 0.293. The molecule has 0 unspecified atom stereocenters. The van der Waals surface area contributed by atoms with Crippen LogP contribution >= 0.6 is 43.5 Å². The molecule has 0 aliphatic rings. The molecule has 0 spiro atoms. The number of hydrogen-bond acceptors (Lipinski definition) is 1. The Kier molecular flexibility index (Phi) is 4.65. The zero-order valence-electron chi connectivity index (χ0n) is 9.09. The predicted molar refractivity (Wildman–Crippen MR) is 78.3 cm³/mol. The highest BCUT2D eigenvalue weighted by Crippen LogP contribution is 2.34. The van der Waals surface area contributed by atoms with Crippen LogP contribution in [0.15, 0.2) is 40.9 Å². The van der Waals surface area contributed by atoms with Crippen molar-refractivity contribution in [2.75, 3.05) is 0 Å². The molecule has 0 amide bonds. The Morgan fingerprint density at radius 3 is 2.50 bits per heavy atom. The molecule has 5 heteroatoms. The van der Waals surface area contributed by atoms with E-state index in [0.29, 0.717) is 21.9 Å². The molecule has 0 atom stereocenters. The van der Waals surface area contributed by atoms with Crippen LogP contribution in [0.25, 0.3) is 0 Å². The molecule has 94 valence electrons. The van der Waals surface area contributed by atoms with E-state index < -0.39 is 0 Å². The summed E-state index contributed by atoms with van der Waals surface area (Å²) in [6.07, 6.45) is 0. The fourth-order valence-electron chi connectivity index (χ4n) is 1.43. The van der Waals surface area contributed by atoms with Gasteiger partial charge in [0, 0.05) is 15.4 Å². The average Bonchev–Trinajstić information content (AvgIpc) is 2.34. The van der Waals surface area contributed by atoms with Crippen LogP contribution in [0.5, 0.6) is 11.5 Å². The van der Waals surface area contributed by atoms with Crippen LogP contribution in [0.4, 0.5) is 4.39 Å². The Labute approximate surface area is 126 Å². The number of ether oxygens (including phenoxy) is 1. The summed E-state index contributed by atoms with van der Waals surface area (Å²) in [6, 6.07) is 9.70. The molecule has 0 heterocycles. The van der Waals surface area contributed by atoms with Crippen LogP contribution in [-0.2, 0) is 5.33 Å². The van der Waals surface area contributed by atoms with Crippen LogP contribution in [0, 0.1) is 5.82 Å². The highest BCUT2D eigenvalue weighted by Gasteiger charge is 2.08. The molecule has 0 saturated carbocycles. The normalized spacial score (nSPS) is 10.4. The smallest absolute Gasteiger partial charge is 0.146 e. The summed E-state index contributed by atoms with van der Waals surface area (Å²) < 4.78 is 19.7. The molecule has 0 saturated heterocycles. The minimum atomic E-state index is -0.293. The molecule has 0 N–H and O–H groups in total. The maximum atomic E-state index is 13.1. The third kappa shape index (κ3) is 3.25. The van der Waals surface area contributed by atoms with Crippen LogP contribution in [0.2, 0.25) is 5.02 Å². The Morgan fingerprint density at radius 1 is 1.11 bits per heavy atom. The highest BCUT2D eigenvalue weighted by atomic mass is 79.9. The molecule has 18 heavy (non-hydrogen) atoms. The largest absolute Gasteiger partial charge is 0.455 e. The maximum Gasteiger partial charge on any atom is 0.146 e. The van der Waals surface area contributed by atoms with Crippen molar-refractivity contribution < 1.29 is 9.13 Å². The molecule has 0 aliphatic heterocycles. The quantitative estimate of drug-likeness (QED) is 0.587. The molecular formula is C13H8Br2ClFO. The Morgan fingerprint density at radius 2 is 1.83 bits per heavy atom. The second-order valence-electron chi connectivity index (χ2n) is 3.56. The summed E-state index contributed by atoms with van der Waals surface area (Å²) in [4.78, 5) is 0. The molecule has 2 aromatic carbocycles. The third-order valence-corrected chi connectivity index (χ3v) is 3.67. The lowest BCUT2D eigenvalue weighted by atomic mass is 10.2. The summed E-state index contributed by atoms with van der Waals surface area (Å²) in [6.45, 7) is 0. The molecule has 0 aromatic heterocycles. The van der Waals surface area contributed by atoms with E-state index in [-0.39, 0.29) is 5.82 Å². The topological polar surface area (TPSA) is 9.23 Å². The highest BCUT2D eigenvalue weighted by molar-refractivity contribution is 9.10. The molecule has 1 nitrogen and oxygen atoms in total. The van der Waals surface area contributed by atoms with Gasteiger partial charge in [0.2, 0.25) is 0 Å². The fourth-order valence-corrected chi connectivity index (χ4v) is 2.58. The predicted octanol–water partition coefficient (Wildman–Crippen LogP) is 5.93. The number of hydrogen-bond donors (Lipinski definition) is 0. The van der Waals surface area contributed by atoms with Gasteiger partial charge in [0.25, 0.3) is 0 Å². The first kappa shape index (κ1) is 13.8. The summed E-state index contributed by atoms with van der Waals surface area (Å²) >= 11 is 12.7. The summed E-state index contributed by atoms with van der Waals surface area (Å²) in [7, 11) is 0. The Hall–Kier alpha value is -0.580. The standard InChI is InChI=1S/C13H8Br2ClFO/c14-7-8-5-10(17)2-4-12(8)18-13-3-1-9(15)6-11(13)16/h1-6H,7H2. The van der Waals surface area contributed by atoms with Crippen molar-refractivity contribution in [3.05, 3.63) is 57.3 Å². The molecule has 0 bridgehead atoms. The van der Waals surface area contributed by atoms with Crippen molar-refractivity contribution in [1.29, 1.82) is 0 Å². The van der Waals surface area contributed by atoms with E-state index >= 15 is 0 Å². The lowest BCUT2D eigenvalue weighted by Gasteiger charge is -2.11. The second-order valence-corrected chi connectivity index (χ2v) is 5.45. The SMILES string of the molecule is Fc1ccc(Oc2ccc(Br)cc2Cl)c(CBr)c1. The van der Waals surface area contributed by atoms with E-state index in [1.807, 2.05) is 6.07 Å². The van der Waals surface area contributed by atoms with Crippen molar-refractivity contribution in [3.8, 4) is 11.5 Å². The van der Waals surface area contributed by atoms with Gasteiger partial charge >= 0.3 is 0 Å². The van der Waals surface area contributed by atoms with E-state index in [1.165, 1.54) is 12.1 Å². The molecule has 2 rings (SSSR count). The van der Waals surface area contributed by atoms with Crippen LogP contribution in [0.1, 0.15) is 5.56 Å². The van der Waals surface area contributed by atoms with Gasteiger partial charge in [0.1, 0.15) is 17.3 Å². The molecule has 0 fully saturated rings. The maximum absolute atomic E-state index is 13.1. The molecule has 2 aromatic rings. The van der Waals surface area contributed by atoms with Crippen molar-refractivity contribution in [1.82, 2.24) is 0 Å². The van der Waals surface area contributed by atoms with Gasteiger partial charge in [-0.1, -0.05) is 43.5 Å². The second kappa shape index (κ2) is 6.04. The lowest BCUT2D eigenvalue weighted by Crippen LogP contribution is -1.91. The first-order valence-electron chi connectivity index (χ1n) is 5.07. The number of benzene rings is 2. The van der Waals surface area contributed by atoms with E-state index in [1.54, 1.807) is 18.2 Å². The van der Waals surface area contributed by atoms with Gasteiger partial charge in [-0.05, 0) is 36.4 Å². The summed E-state index contributed by atoms with van der Waals surface area (Å²) in [5.41, 5.74) is 0.731. The summed E-state index contributed by atoms with van der Waals surface area (Å²) in [5.74, 6) is 0.824. The summed E-state index contributed by atoms with van der Waals surface area (Å²) in [5, 5.41) is 1.00. The van der Waals surface area contributed by atoms with Gasteiger partial charge in [0.15, 0.2) is 0 Å². The zero-order chi connectivity index (χ0) is 13.1. The van der Waals surface area contributed by atoms with Crippen molar-refractivity contribution in [2.45, 2.75) is 5.33 Å². The number of halogens is 4. The van der Waals surface area contributed by atoms with Gasteiger partial charge in [0.05, 0.1) is 5.02 Å². The van der Waals surface area contributed by atoms with E-state index in [0.717, 1.165) is 10.0 Å². The fraction of sp³-hybridized carbons (Fsp3) is 0.0769. The number of alkyl halides is 1. The Balaban J connectivity index is 2.33. The van der Waals surface area contributed by atoms with Gasteiger partial charge in [-0.25, -0.2) is 4.39 Å². The van der Waals surface area contributed by atoms with Gasteiger partial charge < -0.3 is 4.74 Å². The van der Waals surface area contributed by atoms with E-state index in [2.05, 4.69) is 31.9 Å².